The molecule has 1 unspecified atom stereocenters. The Morgan fingerprint density at radius 2 is 1.82 bits per heavy atom. The third-order valence-electron chi connectivity index (χ3n) is 4.89. The standard InChI is InChI=1S/C20H22N2O6/c1-11-6-5-7-12-15(11)18(26)22(16(12)24)13-8-9-14(23)21(17(13)25)10-28-19(27)20(2,3)4/h5-7,13H,8-10H2,1-4H3. The summed E-state index contributed by atoms with van der Waals surface area (Å²) in [6.07, 6.45) is 0.0156. The molecule has 0 spiro atoms. The van der Waals surface area contributed by atoms with Crippen LogP contribution in [0.5, 0.6) is 0 Å². The maximum absolute atomic E-state index is 12.9. The number of amides is 4. The van der Waals surface area contributed by atoms with Crippen molar-refractivity contribution < 1.29 is 28.7 Å². The number of carbonyl (C=O) groups is 5. The van der Waals surface area contributed by atoms with Gasteiger partial charge in [0.05, 0.1) is 16.5 Å². The number of rotatable bonds is 3. The number of hydrogen-bond donors (Lipinski definition) is 0. The molecule has 1 saturated heterocycles. The number of esters is 1. The second kappa shape index (κ2) is 6.85. The maximum Gasteiger partial charge on any atom is 0.312 e. The van der Waals surface area contributed by atoms with Crippen LogP contribution in [-0.4, -0.2) is 52.2 Å². The molecule has 28 heavy (non-hydrogen) atoms. The van der Waals surface area contributed by atoms with E-state index in [1.165, 1.54) is 0 Å². The fourth-order valence-electron chi connectivity index (χ4n) is 3.29. The van der Waals surface area contributed by atoms with E-state index in [4.69, 9.17) is 4.74 Å². The molecule has 0 N–H and O–H groups in total. The lowest BCUT2D eigenvalue weighted by molar-refractivity contribution is -0.168. The zero-order valence-corrected chi connectivity index (χ0v) is 16.3. The third kappa shape index (κ3) is 3.19. The van der Waals surface area contributed by atoms with Gasteiger partial charge < -0.3 is 4.74 Å². The molecule has 0 aliphatic carbocycles. The number of benzene rings is 1. The highest BCUT2D eigenvalue weighted by Gasteiger charge is 2.47. The quantitative estimate of drug-likeness (QED) is 0.578. The molecule has 148 valence electrons. The molecular weight excluding hydrogens is 364 g/mol. The van der Waals surface area contributed by atoms with Crippen LogP contribution in [0, 0.1) is 12.3 Å². The van der Waals surface area contributed by atoms with Gasteiger partial charge in [-0.15, -0.1) is 0 Å². The summed E-state index contributed by atoms with van der Waals surface area (Å²) < 4.78 is 5.09. The minimum Gasteiger partial charge on any atom is -0.443 e. The number of aryl methyl sites for hydroxylation is 1. The minimum absolute atomic E-state index is 0.0319. The lowest BCUT2D eigenvalue weighted by Gasteiger charge is -2.34. The molecule has 4 amide bonds. The van der Waals surface area contributed by atoms with Gasteiger partial charge in [-0.1, -0.05) is 12.1 Å². The number of likely N-dealkylation sites (tertiary alicyclic amines) is 1. The monoisotopic (exact) mass is 386 g/mol. The number of carbonyl (C=O) groups excluding carboxylic acids is 5. The van der Waals surface area contributed by atoms with Gasteiger partial charge in [0.2, 0.25) is 5.91 Å². The van der Waals surface area contributed by atoms with Gasteiger partial charge in [0.1, 0.15) is 6.04 Å². The smallest absolute Gasteiger partial charge is 0.312 e. The highest BCUT2D eigenvalue weighted by atomic mass is 16.5. The zero-order chi connectivity index (χ0) is 20.8. The summed E-state index contributed by atoms with van der Waals surface area (Å²) in [7, 11) is 0. The van der Waals surface area contributed by atoms with Gasteiger partial charge in [-0.3, -0.25) is 28.9 Å². The van der Waals surface area contributed by atoms with E-state index in [-0.39, 0.29) is 24.0 Å². The average Bonchev–Trinajstić information content (AvgIpc) is 2.86. The third-order valence-corrected chi connectivity index (χ3v) is 4.89. The minimum atomic E-state index is -1.10. The summed E-state index contributed by atoms with van der Waals surface area (Å²) in [6.45, 7) is 6.14. The van der Waals surface area contributed by atoms with Crippen LogP contribution in [-0.2, 0) is 19.1 Å². The van der Waals surface area contributed by atoms with E-state index in [0.29, 0.717) is 5.56 Å². The van der Waals surface area contributed by atoms with Crippen molar-refractivity contribution in [2.24, 2.45) is 5.41 Å². The predicted molar refractivity (Wildman–Crippen MR) is 97.0 cm³/mol. The van der Waals surface area contributed by atoms with E-state index in [1.807, 2.05) is 0 Å². The molecule has 1 aromatic carbocycles. The Hall–Kier alpha value is -3.03. The summed E-state index contributed by atoms with van der Waals surface area (Å²) in [5.74, 6) is -2.88. The van der Waals surface area contributed by atoms with Crippen molar-refractivity contribution in [1.82, 2.24) is 9.80 Å². The van der Waals surface area contributed by atoms with E-state index in [9.17, 15) is 24.0 Å². The molecule has 2 aliphatic rings. The van der Waals surface area contributed by atoms with Gasteiger partial charge in [-0.05, 0) is 45.7 Å². The van der Waals surface area contributed by atoms with E-state index in [0.717, 1.165) is 9.80 Å². The van der Waals surface area contributed by atoms with E-state index < -0.39 is 47.8 Å². The van der Waals surface area contributed by atoms with Crippen molar-refractivity contribution in [2.45, 2.75) is 46.6 Å². The molecule has 2 heterocycles. The van der Waals surface area contributed by atoms with Crippen molar-refractivity contribution in [3.8, 4) is 0 Å². The topological polar surface area (TPSA) is 101 Å². The molecule has 0 aromatic heterocycles. The average molecular weight is 386 g/mol. The number of ether oxygens (including phenoxy) is 1. The zero-order valence-electron chi connectivity index (χ0n) is 16.3. The highest BCUT2D eigenvalue weighted by molar-refractivity contribution is 6.24. The summed E-state index contributed by atoms with van der Waals surface area (Å²) in [5, 5.41) is 0. The van der Waals surface area contributed by atoms with E-state index in [2.05, 4.69) is 0 Å². The Morgan fingerprint density at radius 1 is 1.14 bits per heavy atom. The first-order valence-electron chi connectivity index (χ1n) is 9.03. The van der Waals surface area contributed by atoms with Crippen molar-refractivity contribution >= 4 is 29.6 Å². The van der Waals surface area contributed by atoms with Gasteiger partial charge in [-0.2, -0.15) is 0 Å². The Bertz CT molecular complexity index is 898. The summed E-state index contributed by atoms with van der Waals surface area (Å²) in [5.41, 5.74) is 0.387. The van der Waals surface area contributed by atoms with Crippen LogP contribution in [0.25, 0.3) is 0 Å². The first-order valence-corrected chi connectivity index (χ1v) is 9.03. The first-order chi connectivity index (χ1) is 13.0. The summed E-state index contributed by atoms with van der Waals surface area (Å²) >= 11 is 0. The molecule has 0 radical (unpaired) electrons. The van der Waals surface area contributed by atoms with Gasteiger partial charge in [0.25, 0.3) is 17.7 Å². The molecule has 8 nitrogen and oxygen atoms in total. The molecular formula is C20H22N2O6. The lowest BCUT2D eigenvalue weighted by atomic mass is 9.97. The fraction of sp³-hybridized carbons (Fsp3) is 0.450. The largest absolute Gasteiger partial charge is 0.443 e. The van der Waals surface area contributed by atoms with Gasteiger partial charge in [-0.25, -0.2) is 4.90 Å². The first kappa shape index (κ1) is 19.7. The molecule has 1 fully saturated rings. The van der Waals surface area contributed by atoms with Crippen molar-refractivity contribution in [2.75, 3.05) is 6.73 Å². The van der Waals surface area contributed by atoms with Crippen molar-refractivity contribution in [3.05, 3.63) is 34.9 Å². The summed E-state index contributed by atoms with van der Waals surface area (Å²) in [4.78, 5) is 64.3. The maximum atomic E-state index is 12.9. The molecule has 1 aromatic rings. The van der Waals surface area contributed by atoms with Gasteiger partial charge in [0.15, 0.2) is 6.73 Å². The normalized spacial score (nSPS) is 19.9. The van der Waals surface area contributed by atoms with E-state index in [1.54, 1.807) is 45.9 Å². The van der Waals surface area contributed by atoms with Crippen molar-refractivity contribution in [1.29, 1.82) is 0 Å². The molecule has 3 rings (SSSR count). The van der Waals surface area contributed by atoms with Crippen LogP contribution in [0.2, 0.25) is 0 Å². The fourth-order valence-corrected chi connectivity index (χ4v) is 3.29. The number of nitrogens with zero attached hydrogens (tertiary/aromatic N) is 2. The van der Waals surface area contributed by atoms with Crippen LogP contribution >= 0.6 is 0 Å². The van der Waals surface area contributed by atoms with Crippen molar-refractivity contribution in [3.63, 3.8) is 0 Å². The highest BCUT2D eigenvalue weighted by Crippen LogP contribution is 2.31. The Labute approximate surface area is 162 Å². The molecule has 0 saturated carbocycles. The number of imide groups is 2. The summed E-state index contributed by atoms with van der Waals surface area (Å²) in [6, 6.07) is 3.84. The Morgan fingerprint density at radius 3 is 2.43 bits per heavy atom. The second-order valence-corrected chi connectivity index (χ2v) is 8.00. The molecule has 2 aliphatic heterocycles. The van der Waals surface area contributed by atoms with Crippen LogP contribution in [0.15, 0.2) is 18.2 Å². The van der Waals surface area contributed by atoms with Gasteiger partial charge in [0, 0.05) is 6.42 Å². The molecule has 0 bridgehead atoms. The molecule has 1 atom stereocenters. The predicted octanol–water partition coefficient (Wildman–Crippen LogP) is 1.66. The second-order valence-electron chi connectivity index (χ2n) is 8.00. The van der Waals surface area contributed by atoms with Gasteiger partial charge >= 0.3 is 5.97 Å². The Kier molecular flexibility index (Phi) is 4.82. The van der Waals surface area contributed by atoms with Crippen LogP contribution in [0.1, 0.15) is 59.9 Å². The van der Waals surface area contributed by atoms with E-state index >= 15 is 0 Å². The Balaban J connectivity index is 1.82. The SMILES string of the molecule is Cc1cccc2c1C(=O)N(C1CCC(=O)N(COC(=O)C(C)(C)C)C1=O)C2=O. The molecule has 8 heteroatoms. The number of fused-ring (bicyclic) bond motifs is 1. The number of hydrogen-bond acceptors (Lipinski definition) is 6. The van der Waals surface area contributed by atoms with Crippen LogP contribution in [0.4, 0.5) is 0 Å². The number of piperidine rings is 1. The lowest BCUT2D eigenvalue weighted by Crippen LogP contribution is -2.56. The van der Waals surface area contributed by atoms with Crippen LogP contribution in [0.3, 0.4) is 0 Å². The van der Waals surface area contributed by atoms with Crippen LogP contribution < -0.4 is 0 Å².